The number of hydrogen-bond acceptors (Lipinski definition) is 2. The molecule has 1 aromatic carbocycles. The van der Waals surface area contributed by atoms with Gasteiger partial charge in [-0.25, -0.2) is 0 Å². The SMILES string of the molecule is O=CNCCSc1ccccc1. The molecule has 1 N–H and O–H groups in total. The Morgan fingerprint density at radius 1 is 1.33 bits per heavy atom. The van der Waals surface area contributed by atoms with Crippen molar-refractivity contribution >= 4 is 18.2 Å². The van der Waals surface area contributed by atoms with Crippen molar-refractivity contribution in [2.24, 2.45) is 0 Å². The Balaban J connectivity index is 2.20. The summed E-state index contributed by atoms with van der Waals surface area (Å²) < 4.78 is 0. The van der Waals surface area contributed by atoms with Crippen LogP contribution in [0.25, 0.3) is 0 Å². The molecule has 0 saturated carbocycles. The van der Waals surface area contributed by atoms with Gasteiger partial charge in [0.1, 0.15) is 0 Å². The molecule has 0 aliphatic carbocycles. The van der Waals surface area contributed by atoms with Crippen LogP contribution in [-0.4, -0.2) is 18.7 Å². The highest BCUT2D eigenvalue weighted by Gasteiger charge is 1.90. The Bertz CT molecular complexity index is 225. The monoisotopic (exact) mass is 181 g/mol. The lowest BCUT2D eigenvalue weighted by Crippen LogP contribution is -2.13. The molecule has 1 aromatic rings. The van der Waals surface area contributed by atoms with Gasteiger partial charge in [-0.15, -0.1) is 11.8 Å². The third-order valence-corrected chi connectivity index (χ3v) is 2.36. The van der Waals surface area contributed by atoms with Crippen molar-refractivity contribution in [2.75, 3.05) is 12.3 Å². The molecule has 1 rings (SSSR count). The van der Waals surface area contributed by atoms with Gasteiger partial charge in [-0.2, -0.15) is 0 Å². The molecule has 0 aliphatic heterocycles. The normalized spacial score (nSPS) is 9.33. The van der Waals surface area contributed by atoms with Gasteiger partial charge in [0.05, 0.1) is 0 Å². The smallest absolute Gasteiger partial charge is 0.207 e. The lowest BCUT2D eigenvalue weighted by molar-refractivity contribution is -0.109. The summed E-state index contributed by atoms with van der Waals surface area (Å²) in [7, 11) is 0. The van der Waals surface area contributed by atoms with E-state index in [1.165, 1.54) is 4.90 Å². The number of carbonyl (C=O) groups excluding carboxylic acids is 1. The summed E-state index contributed by atoms with van der Waals surface area (Å²) in [6.07, 6.45) is 0.728. The molecule has 0 unspecified atom stereocenters. The third-order valence-electron chi connectivity index (χ3n) is 1.34. The topological polar surface area (TPSA) is 29.1 Å². The summed E-state index contributed by atoms with van der Waals surface area (Å²) in [6.45, 7) is 0.725. The Morgan fingerprint density at radius 3 is 2.75 bits per heavy atom. The minimum Gasteiger partial charge on any atom is -0.358 e. The molecule has 12 heavy (non-hydrogen) atoms. The van der Waals surface area contributed by atoms with Crippen LogP contribution >= 0.6 is 11.8 Å². The van der Waals surface area contributed by atoms with Crippen molar-refractivity contribution in [1.29, 1.82) is 0 Å². The largest absolute Gasteiger partial charge is 0.358 e. The van der Waals surface area contributed by atoms with E-state index in [4.69, 9.17) is 0 Å². The van der Waals surface area contributed by atoms with Crippen molar-refractivity contribution in [2.45, 2.75) is 4.90 Å². The molecule has 2 nitrogen and oxygen atoms in total. The summed E-state index contributed by atoms with van der Waals surface area (Å²) in [5, 5.41) is 2.62. The van der Waals surface area contributed by atoms with E-state index in [0.29, 0.717) is 0 Å². The van der Waals surface area contributed by atoms with E-state index in [-0.39, 0.29) is 0 Å². The number of benzene rings is 1. The Labute approximate surface area is 76.4 Å². The highest BCUT2D eigenvalue weighted by Crippen LogP contribution is 2.15. The van der Waals surface area contributed by atoms with E-state index < -0.39 is 0 Å². The molecule has 0 heterocycles. The first kappa shape index (κ1) is 9.13. The number of hydrogen-bond donors (Lipinski definition) is 1. The van der Waals surface area contributed by atoms with Crippen molar-refractivity contribution in [3.8, 4) is 0 Å². The van der Waals surface area contributed by atoms with Crippen LogP contribution in [0.4, 0.5) is 0 Å². The average molecular weight is 181 g/mol. The first-order valence-electron chi connectivity index (χ1n) is 3.78. The molecular formula is C9H11NOS. The van der Waals surface area contributed by atoms with Gasteiger partial charge in [0, 0.05) is 17.2 Å². The van der Waals surface area contributed by atoms with Crippen LogP contribution in [0.5, 0.6) is 0 Å². The van der Waals surface area contributed by atoms with Crippen LogP contribution in [0.15, 0.2) is 35.2 Å². The van der Waals surface area contributed by atoms with Crippen LogP contribution in [0.1, 0.15) is 0 Å². The van der Waals surface area contributed by atoms with Crippen LogP contribution in [-0.2, 0) is 4.79 Å². The van der Waals surface area contributed by atoms with E-state index >= 15 is 0 Å². The Kier molecular flexibility index (Phi) is 4.31. The number of nitrogens with one attached hydrogen (secondary N) is 1. The van der Waals surface area contributed by atoms with Gasteiger partial charge in [-0.3, -0.25) is 4.79 Å². The second-order valence-electron chi connectivity index (χ2n) is 2.23. The molecule has 3 heteroatoms. The maximum absolute atomic E-state index is 9.90. The molecule has 0 aromatic heterocycles. The quantitative estimate of drug-likeness (QED) is 0.424. The molecular weight excluding hydrogens is 170 g/mol. The zero-order valence-electron chi connectivity index (χ0n) is 6.69. The summed E-state index contributed by atoms with van der Waals surface area (Å²) in [5.41, 5.74) is 0. The maximum Gasteiger partial charge on any atom is 0.207 e. The number of rotatable bonds is 5. The molecule has 0 spiro atoms. The second kappa shape index (κ2) is 5.66. The number of carbonyl (C=O) groups is 1. The minimum atomic E-state index is 0.725. The first-order valence-corrected chi connectivity index (χ1v) is 4.77. The van der Waals surface area contributed by atoms with Crippen LogP contribution in [0, 0.1) is 0 Å². The lowest BCUT2D eigenvalue weighted by Gasteiger charge is -1.99. The molecule has 0 atom stereocenters. The zero-order chi connectivity index (χ0) is 8.65. The Morgan fingerprint density at radius 2 is 2.08 bits per heavy atom. The fourth-order valence-electron chi connectivity index (χ4n) is 0.803. The van der Waals surface area contributed by atoms with Gasteiger partial charge in [0.2, 0.25) is 6.41 Å². The highest BCUT2D eigenvalue weighted by atomic mass is 32.2. The van der Waals surface area contributed by atoms with Gasteiger partial charge in [-0.1, -0.05) is 18.2 Å². The number of amides is 1. The van der Waals surface area contributed by atoms with Gasteiger partial charge < -0.3 is 5.32 Å². The van der Waals surface area contributed by atoms with Crippen molar-refractivity contribution in [3.63, 3.8) is 0 Å². The zero-order valence-corrected chi connectivity index (χ0v) is 7.51. The molecule has 0 radical (unpaired) electrons. The molecule has 1 amide bonds. The highest BCUT2D eigenvalue weighted by molar-refractivity contribution is 7.99. The fourth-order valence-corrected chi connectivity index (χ4v) is 1.61. The summed E-state index contributed by atoms with van der Waals surface area (Å²) in [4.78, 5) is 11.1. The van der Waals surface area contributed by atoms with E-state index in [0.717, 1.165) is 18.7 Å². The second-order valence-corrected chi connectivity index (χ2v) is 3.40. The van der Waals surface area contributed by atoms with Crippen molar-refractivity contribution < 1.29 is 4.79 Å². The van der Waals surface area contributed by atoms with Gasteiger partial charge in [0.15, 0.2) is 0 Å². The molecule has 0 bridgehead atoms. The lowest BCUT2D eigenvalue weighted by atomic mass is 10.4. The Hall–Kier alpha value is -0.960. The van der Waals surface area contributed by atoms with E-state index in [2.05, 4.69) is 17.4 Å². The van der Waals surface area contributed by atoms with Gasteiger partial charge in [-0.05, 0) is 12.1 Å². The van der Waals surface area contributed by atoms with Crippen molar-refractivity contribution in [3.05, 3.63) is 30.3 Å². The predicted octanol–water partition coefficient (Wildman–Crippen LogP) is 1.52. The van der Waals surface area contributed by atoms with Crippen molar-refractivity contribution in [1.82, 2.24) is 5.32 Å². The third kappa shape index (κ3) is 3.44. The predicted molar refractivity (Wildman–Crippen MR) is 51.2 cm³/mol. The molecule has 0 aliphatic rings. The van der Waals surface area contributed by atoms with E-state index in [1.807, 2.05) is 18.2 Å². The molecule has 64 valence electrons. The van der Waals surface area contributed by atoms with Crippen LogP contribution in [0.3, 0.4) is 0 Å². The van der Waals surface area contributed by atoms with Crippen LogP contribution in [0.2, 0.25) is 0 Å². The molecule has 0 saturated heterocycles. The minimum absolute atomic E-state index is 0.725. The van der Waals surface area contributed by atoms with E-state index in [9.17, 15) is 4.79 Å². The summed E-state index contributed by atoms with van der Waals surface area (Å²) in [5.74, 6) is 0.919. The fraction of sp³-hybridized carbons (Fsp3) is 0.222. The number of thioether (sulfide) groups is 1. The summed E-state index contributed by atoms with van der Waals surface area (Å²) in [6, 6.07) is 10.1. The average Bonchev–Trinajstić information content (AvgIpc) is 2.14. The first-order chi connectivity index (χ1) is 5.93. The van der Waals surface area contributed by atoms with Gasteiger partial charge in [0.25, 0.3) is 0 Å². The van der Waals surface area contributed by atoms with Gasteiger partial charge >= 0.3 is 0 Å². The van der Waals surface area contributed by atoms with E-state index in [1.54, 1.807) is 11.8 Å². The van der Waals surface area contributed by atoms with Crippen LogP contribution < -0.4 is 5.32 Å². The standard InChI is InChI=1S/C9H11NOS/c11-8-10-6-7-12-9-4-2-1-3-5-9/h1-5,8H,6-7H2,(H,10,11). The molecule has 0 fully saturated rings. The maximum atomic E-state index is 9.90. The summed E-state index contributed by atoms with van der Waals surface area (Å²) >= 11 is 1.74.